The summed E-state index contributed by atoms with van der Waals surface area (Å²) in [6, 6.07) is 14.8. The highest BCUT2D eigenvalue weighted by Crippen LogP contribution is 2.64. The molecule has 5 nitrogen and oxygen atoms in total. The van der Waals surface area contributed by atoms with Gasteiger partial charge in [-0.25, -0.2) is 0 Å². The fourth-order valence-corrected chi connectivity index (χ4v) is 8.56. The molecule has 2 aliphatic heterocycles. The molecule has 5 atom stereocenters. The molecule has 1 amide bonds. The number of piperidine rings is 1. The van der Waals surface area contributed by atoms with Crippen molar-refractivity contribution in [3.05, 3.63) is 70.8 Å². The summed E-state index contributed by atoms with van der Waals surface area (Å²) in [6.45, 7) is 9.21. The fraction of sp³-hybridized carbons (Fsp3) is 0.559. The van der Waals surface area contributed by atoms with Gasteiger partial charge in [-0.3, -0.25) is 9.69 Å². The Kier molecular flexibility index (Phi) is 5.98. The number of rotatable bonds is 7. The lowest BCUT2D eigenvalue weighted by Gasteiger charge is -2.65. The second-order valence-corrected chi connectivity index (χ2v) is 13.4. The molecule has 3 aliphatic carbocycles. The van der Waals surface area contributed by atoms with Gasteiger partial charge in [0.05, 0.1) is 17.1 Å². The lowest BCUT2D eigenvalue weighted by molar-refractivity contribution is -0.201. The monoisotopic (exact) mass is 526 g/mol. The Balaban J connectivity index is 1.26. The number of carbonyl (C=O) groups is 1. The minimum atomic E-state index is -0.829. The van der Waals surface area contributed by atoms with Crippen molar-refractivity contribution in [2.45, 2.75) is 88.5 Å². The lowest BCUT2D eigenvalue weighted by Crippen LogP contribution is -2.78. The van der Waals surface area contributed by atoms with Gasteiger partial charge in [0.1, 0.15) is 11.9 Å². The van der Waals surface area contributed by atoms with Crippen LogP contribution in [0.4, 0.5) is 0 Å². The van der Waals surface area contributed by atoms with E-state index in [0.29, 0.717) is 18.9 Å². The number of aliphatic hydroxyl groups is 1. The summed E-state index contributed by atoms with van der Waals surface area (Å²) in [6.07, 6.45) is 9.35. The molecule has 1 spiro atoms. The van der Waals surface area contributed by atoms with Crippen LogP contribution in [0.15, 0.2) is 48.5 Å². The molecule has 206 valence electrons. The van der Waals surface area contributed by atoms with Crippen molar-refractivity contribution in [3.63, 3.8) is 0 Å². The first-order valence-electron chi connectivity index (χ1n) is 15.1. The van der Waals surface area contributed by atoms with Crippen molar-refractivity contribution in [2.75, 3.05) is 19.6 Å². The highest BCUT2D eigenvalue weighted by molar-refractivity contribution is 5.92. The average Bonchev–Trinajstić information content (AvgIpc) is 3.65. The summed E-state index contributed by atoms with van der Waals surface area (Å²) in [5.41, 5.74) is 3.52. The maximum absolute atomic E-state index is 13.9. The summed E-state index contributed by atoms with van der Waals surface area (Å²) in [5.74, 6) is 2.10. The lowest BCUT2D eigenvalue weighted by atomic mass is 9.48. The molecule has 2 bridgehead atoms. The van der Waals surface area contributed by atoms with Crippen LogP contribution in [0.5, 0.6) is 5.75 Å². The summed E-state index contributed by atoms with van der Waals surface area (Å²) < 4.78 is 6.88. The minimum absolute atomic E-state index is 0.0374. The molecular weight excluding hydrogens is 484 g/mol. The van der Waals surface area contributed by atoms with Gasteiger partial charge in [-0.1, -0.05) is 55.8 Å². The van der Waals surface area contributed by atoms with Crippen molar-refractivity contribution < 1.29 is 14.6 Å². The van der Waals surface area contributed by atoms with Gasteiger partial charge in [0.15, 0.2) is 0 Å². The Labute approximate surface area is 232 Å². The molecule has 2 aromatic carbocycles. The second-order valence-electron chi connectivity index (χ2n) is 13.4. The zero-order valence-corrected chi connectivity index (χ0v) is 23.6. The van der Waals surface area contributed by atoms with Crippen LogP contribution < -0.4 is 4.74 Å². The molecule has 5 heteroatoms. The normalized spacial score (nSPS) is 32.8. The second kappa shape index (κ2) is 9.21. The van der Waals surface area contributed by atoms with Crippen LogP contribution in [0.3, 0.4) is 0 Å². The third kappa shape index (κ3) is 3.91. The van der Waals surface area contributed by atoms with E-state index in [-0.39, 0.29) is 24.1 Å². The third-order valence-electron chi connectivity index (χ3n) is 10.3. The van der Waals surface area contributed by atoms with Gasteiger partial charge < -0.3 is 14.7 Å². The Bertz CT molecular complexity index is 1320. The van der Waals surface area contributed by atoms with E-state index in [1.165, 1.54) is 29.5 Å². The van der Waals surface area contributed by atoms with Crippen LogP contribution in [-0.2, 0) is 16.6 Å². The zero-order valence-electron chi connectivity index (χ0n) is 23.6. The fourth-order valence-electron chi connectivity index (χ4n) is 8.56. The molecule has 1 saturated heterocycles. The van der Waals surface area contributed by atoms with Crippen LogP contribution in [0.25, 0.3) is 6.08 Å². The summed E-state index contributed by atoms with van der Waals surface area (Å²) >= 11 is 0. The molecule has 0 unspecified atom stereocenters. The largest absolute Gasteiger partial charge is 0.487 e. The van der Waals surface area contributed by atoms with E-state index < -0.39 is 11.0 Å². The average molecular weight is 527 g/mol. The van der Waals surface area contributed by atoms with Crippen molar-refractivity contribution in [1.29, 1.82) is 0 Å². The molecule has 0 radical (unpaired) electrons. The van der Waals surface area contributed by atoms with Crippen LogP contribution >= 0.6 is 0 Å². The first-order valence-corrected chi connectivity index (χ1v) is 15.1. The van der Waals surface area contributed by atoms with Crippen LogP contribution in [0.2, 0.25) is 0 Å². The maximum atomic E-state index is 13.9. The van der Waals surface area contributed by atoms with E-state index in [9.17, 15) is 9.90 Å². The number of likely N-dealkylation sites (tertiary alicyclic amines) is 1. The van der Waals surface area contributed by atoms with Gasteiger partial charge >= 0.3 is 0 Å². The van der Waals surface area contributed by atoms with Gasteiger partial charge in [-0.15, -0.1) is 0 Å². The first kappa shape index (κ1) is 25.3. The summed E-state index contributed by atoms with van der Waals surface area (Å²) in [4.78, 5) is 18.6. The van der Waals surface area contributed by atoms with E-state index in [1.807, 2.05) is 18.2 Å². The third-order valence-corrected chi connectivity index (χ3v) is 10.3. The Morgan fingerprint density at radius 2 is 2.00 bits per heavy atom. The standard InChI is InChI=1S/C34H42N2O3/c1-22(2)20-36(30(37)13-12-24-7-4-6-23(3)18-24)27-14-15-34(38)29-19-26-8-5-9-28-31(26)33(34,32(27)39-28)16-17-35(29)21-25-10-11-25/h4-9,12-13,18,22,25,27,29,32,38H,10-11,14-17,19-21H2,1-3H3/t27-,29-,32+,33+,34-/m1/s1. The van der Waals surface area contributed by atoms with Gasteiger partial charge in [-0.2, -0.15) is 0 Å². The molecule has 3 fully saturated rings. The van der Waals surface area contributed by atoms with E-state index in [4.69, 9.17) is 4.74 Å². The van der Waals surface area contributed by atoms with E-state index in [2.05, 4.69) is 60.9 Å². The number of hydrogen-bond donors (Lipinski definition) is 1. The molecule has 39 heavy (non-hydrogen) atoms. The number of hydrogen-bond acceptors (Lipinski definition) is 4. The number of amides is 1. The molecule has 0 aromatic heterocycles. The van der Waals surface area contributed by atoms with Crippen LogP contribution in [-0.4, -0.2) is 64.2 Å². The first-order chi connectivity index (χ1) is 18.8. The van der Waals surface area contributed by atoms with Gasteiger partial charge in [0.25, 0.3) is 0 Å². The predicted molar refractivity (Wildman–Crippen MR) is 154 cm³/mol. The molecule has 7 rings (SSSR count). The molecule has 1 N–H and O–H groups in total. The number of nitrogens with zero attached hydrogens (tertiary/aromatic N) is 2. The highest BCUT2D eigenvalue weighted by atomic mass is 16.5. The van der Waals surface area contributed by atoms with Crippen LogP contribution in [0, 0.1) is 18.8 Å². The van der Waals surface area contributed by atoms with Gasteiger partial charge in [0, 0.05) is 30.8 Å². The molecule has 2 aromatic rings. The zero-order chi connectivity index (χ0) is 26.9. The maximum Gasteiger partial charge on any atom is 0.246 e. The number of benzene rings is 2. The van der Waals surface area contributed by atoms with Crippen molar-refractivity contribution in [2.24, 2.45) is 11.8 Å². The van der Waals surface area contributed by atoms with E-state index in [0.717, 1.165) is 49.6 Å². The Hall–Kier alpha value is -2.63. The van der Waals surface area contributed by atoms with E-state index in [1.54, 1.807) is 6.08 Å². The SMILES string of the molecule is Cc1cccc(C=CC(=O)N(CC(C)C)[C@@H]2CC[C@@]3(O)[C@H]4Cc5cccc6c5[C@@]3(CCN4CC3CC3)[C@H]2O6)c1. The highest BCUT2D eigenvalue weighted by Gasteiger charge is 2.73. The molecule has 5 aliphatic rings. The number of aryl methyl sites for hydroxylation is 1. The minimum Gasteiger partial charge on any atom is -0.487 e. The summed E-state index contributed by atoms with van der Waals surface area (Å²) in [7, 11) is 0. The van der Waals surface area contributed by atoms with Crippen molar-refractivity contribution in [1.82, 2.24) is 9.80 Å². The quantitative estimate of drug-likeness (QED) is 0.509. The van der Waals surface area contributed by atoms with Gasteiger partial charge in [0.2, 0.25) is 5.91 Å². The number of carbonyl (C=O) groups excluding carboxylic acids is 1. The predicted octanol–water partition coefficient (Wildman–Crippen LogP) is 5.13. The topological polar surface area (TPSA) is 53.0 Å². The van der Waals surface area contributed by atoms with Crippen molar-refractivity contribution in [3.8, 4) is 5.75 Å². The summed E-state index contributed by atoms with van der Waals surface area (Å²) in [5, 5.41) is 12.8. The van der Waals surface area contributed by atoms with Gasteiger partial charge in [-0.05, 0) is 87.1 Å². The molecular formula is C34H42N2O3. The molecule has 2 saturated carbocycles. The van der Waals surface area contributed by atoms with Crippen molar-refractivity contribution >= 4 is 12.0 Å². The Morgan fingerprint density at radius 3 is 2.77 bits per heavy atom. The van der Waals surface area contributed by atoms with E-state index >= 15 is 0 Å². The number of ether oxygens (including phenoxy) is 1. The Morgan fingerprint density at radius 1 is 1.18 bits per heavy atom. The van der Waals surface area contributed by atoms with Crippen LogP contribution in [0.1, 0.15) is 68.2 Å². The smallest absolute Gasteiger partial charge is 0.246 e. The molecule has 2 heterocycles.